The van der Waals surface area contributed by atoms with Crippen molar-refractivity contribution in [1.82, 2.24) is 4.90 Å². The first-order valence-corrected chi connectivity index (χ1v) is 4.00. The van der Waals surface area contributed by atoms with Gasteiger partial charge in [-0.3, -0.25) is 4.90 Å². The van der Waals surface area contributed by atoms with E-state index in [4.69, 9.17) is 0 Å². The monoisotopic (exact) mass is 164 g/mol. The van der Waals surface area contributed by atoms with Crippen molar-refractivity contribution in [3.8, 4) is 0 Å². The molecule has 1 aromatic rings. The largest absolute Gasteiger partial charge is 0.361 e. The lowest BCUT2D eigenvalue weighted by atomic mass is 10.1. The zero-order valence-electron chi connectivity index (χ0n) is 6.99. The van der Waals surface area contributed by atoms with Crippen LogP contribution >= 0.6 is 0 Å². The van der Waals surface area contributed by atoms with E-state index in [2.05, 4.69) is 11.4 Å². The molecule has 1 heterocycles. The number of anilines is 1. The molecule has 3 nitrogen and oxygen atoms in total. The minimum atomic E-state index is -0.556. The van der Waals surface area contributed by atoms with Crippen molar-refractivity contribution in [3.63, 3.8) is 0 Å². The van der Waals surface area contributed by atoms with E-state index in [-0.39, 0.29) is 0 Å². The van der Waals surface area contributed by atoms with E-state index in [1.165, 1.54) is 5.56 Å². The summed E-state index contributed by atoms with van der Waals surface area (Å²) >= 11 is 0. The zero-order valence-corrected chi connectivity index (χ0v) is 6.99. The molecule has 0 radical (unpaired) electrons. The summed E-state index contributed by atoms with van der Waals surface area (Å²) in [5.74, 6) is 0. The Kier molecular flexibility index (Phi) is 1.75. The molecule has 0 aromatic heterocycles. The summed E-state index contributed by atoms with van der Waals surface area (Å²) in [6.07, 6.45) is -0.556. The van der Waals surface area contributed by atoms with Crippen LogP contribution in [0.3, 0.4) is 0 Å². The molecule has 3 heteroatoms. The van der Waals surface area contributed by atoms with Crippen LogP contribution in [-0.2, 0) is 6.54 Å². The number of rotatable bonds is 0. The highest BCUT2D eigenvalue weighted by Gasteiger charge is 2.18. The molecule has 0 spiro atoms. The van der Waals surface area contributed by atoms with E-state index in [1.54, 1.807) is 0 Å². The maximum atomic E-state index is 9.44. The van der Waals surface area contributed by atoms with Gasteiger partial charge in [0.25, 0.3) is 0 Å². The molecule has 12 heavy (non-hydrogen) atoms. The van der Waals surface area contributed by atoms with Crippen LogP contribution in [0.1, 0.15) is 5.56 Å². The number of fused-ring (bicyclic) bond motifs is 1. The van der Waals surface area contributed by atoms with Crippen molar-refractivity contribution in [1.29, 1.82) is 0 Å². The van der Waals surface area contributed by atoms with Crippen LogP contribution in [0.25, 0.3) is 0 Å². The van der Waals surface area contributed by atoms with E-state index >= 15 is 0 Å². The van der Waals surface area contributed by atoms with Gasteiger partial charge in [0, 0.05) is 12.2 Å². The van der Waals surface area contributed by atoms with Crippen LogP contribution < -0.4 is 5.32 Å². The Morgan fingerprint density at radius 3 is 3.08 bits per heavy atom. The summed E-state index contributed by atoms with van der Waals surface area (Å²) < 4.78 is 0. The van der Waals surface area contributed by atoms with E-state index in [0.29, 0.717) is 0 Å². The molecule has 1 unspecified atom stereocenters. The minimum absolute atomic E-state index is 0.556. The predicted molar refractivity (Wildman–Crippen MR) is 47.5 cm³/mol. The van der Waals surface area contributed by atoms with Crippen molar-refractivity contribution >= 4 is 5.69 Å². The van der Waals surface area contributed by atoms with Gasteiger partial charge in [-0.2, -0.15) is 0 Å². The SMILES string of the molecule is CN1Cc2ccccc2NC1O. The molecule has 64 valence electrons. The molecule has 0 fully saturated rings. The number of benzene rings is 1. The van der Waals surface area contributed by atoms with Crippen molar-refractivity contribution in [2.24, 2.45) is 0 Å². The Morgan fingerprint density at radius 2 is 2.25 bits per heavy atom. The van der Waals surface area contributed by atoms with Gasteiger partial charge in [-0.15, -0.1) is 0 Å². The van der Waals surface area contributed by atoms with Gasteiger partial charge in [0.1, 0.15) is 0 Å². The number of nitrogens with zero attached hydrogens (tertiary/aromatic N) is 1. The Labute approximate surface area is 71.6 Å². The number of para-hydroxylation sites is 1. The second-order valence-electron chi connectivity index (χ2n) is 3.09. The maximum Gasteiger partial charge on any atom is 0.184 e. The van der Waals surface area contributed by atoms with Crippen molar-refractivity contribution in [2.75, 3.05) is 12.4 Å². The molecule has 2 rings (SSSR count). The summed E-state index contributed by atoms with van der Waals surface area (Å²) in [4.78, 5) is 1.85. The topological polar surface area (TPSA) is 35.5 Å². The molecular formula is C9H12N2O. The van der Waals surface area contributed by atoms with Crippen LogP contribution in [-0.4, -0.2) is 23.4 Å². The van der Waals surface area contributed by atoms with Crippen molar-refractivity contribution in [3.05, 3.63) is 29.8 Å². The first-order chi connectivity index (χ1) is 5.77. The average Bonchev–Trinajstić information content (AvgIpc) is 2.07. The summed E-state index contributed by atoms with van der Waals surface area (Å²) in [6.45, 7) is 0.796. The molecule has 0 aliphatic carbocycles. The highest BCUT2D eigenvalue weighted by molar-refractivity contribution is 5.52. The van der Waals surface area contributed by atoms with E-state index in [9.17, 15) is 5.11 Å². The van der Waals surface area contributed by atoms with E-state index in [1.807, 2.05) is 30.1 Å². The standard InChI is InChI=1S/C9H12N2O/c1-11-6-7-4-2-3-5-8(7)10-9(11)12/h2-5,9-10,12H,6H2,1H3. The fourth-order valence-corrected chi connectivity index (χ4v) is 1.40. The third kappa shape index (κ3) is 1.17. The number of aliphatic hydroxyl groups is 1. The Morgan fingerprint density at radius 1 is 1.50 bits per heavy atom. The van der Waals surface area contributed by atoms with Gasteiger partial charge >= 0.3 is 0 Å². The van der Waals surface area contributed by atoms with Crippen LogP contribution in [0.2, 0.25) is 0 Å². The average molecular weight is 164 g/mol. The fourth-order valence-electron chi connectivity index (χ4n) is 1.40. The van der Waals surface area contributed by atoms with Gasteiger partial charge in [0.05, 0.1) is 0 Å². The van der Waals surface area contributed by atoms with Gasteiger partial charge in [-0.05, 0) is 18.7 Å². The molecule has 1 aliphatic rings. The molecule has 2 N–H and O–H groups in total. The third-order valence-electron chi connectivity index (χ3n) is 2.14. The first-order valence-electron chi connectivity index (χ1n) is 4.00. The first kappa shape index (κ1) is 7.58. The highest BCUT2D eigenvalue weighted by atomic mass is 16.3. The zero-order chi connectivity index (χ0) is 8.55. The van der Waals surface area contributed by atoms with Gasteiger partial charge in [-0.25, -0.2) is 0 Å². The second-order valence-corrected chi connectivity index (χ2v) is 3.09. The lowest BCUT2D eigenvalue weighted by molar-refractivity contribution is 0.0348. The van der Waals surface area contributed by atoms with E-state index < -0.39 is 6.35 Å². The Hall–Kier alpha value is -1.06. The second kappa shape index (κ2) is 2.77. The van der Waals surface area contributed by atoms with E-state index in [0.717, 1.165) is 12.2 Å². The molecule has 1 aliphatic heterocycles. The van der Waals surface area contributed by atoms with Crippen LogP contribution in [0, 0.1) is 0 Å². The Bertz CT molecular complexity index is 259. The quantitative estimate of drug-likeness (QED) is 0.596. The van der Waals surface area contributed by atoms with Crippen molar-refractivity contribution in [2.45, 2.75) is 12.9 Å². The van der Waals surface area contributed by atoms with Gasteiger partial charge in [0.2, 0.25) is 0 Å². The number of hydrogen-bond acceptors (Lipinski definition) is 3. The number of nitrogens with one attached hydrogen (secondary N) is 1. The third-order valence-corrected chi connectivity index (χ3v) is 2.14. The predicted octanol–water partition coefficient (Wildman–Crippen LogP) is 0.820. The molecule has 0 saturated heterocycles. The fraction of sp³-hybridized carbons (Fsp3) is 0.333. The minimum Gasteiger partial charge on any atom is -0.361 e. The molecule has 1 atom stereocenters. The molecule has 0 bridgehead atoms. The molecule has 1 aromatic carbocycles. The molecule has 0 amide bonds. The smallest absolute Gasteiger partial charge is 0.184 e. The lowest BCUT2D eigenvalue weighted by Gasteiger charge is -2.31. The van der Waals surface area contributed by atoms with Gasteiger partial charge < -0.3 is 10.4 Å². The van der Waals surface area contributed by atoms with Crippen LogP contribution in [0.5, 0.6) is 0 Å². The summed E-state index contributed by atoms with van der Waals surface area (Å²) in [5.41, 5.74) is 2.26. The van der Waals surface area contributed by atoms with Crippen LogP contribution in [0.15, 0.2) is 24.3 Å². The maximum absolute atomic E-state index is 9.44. The van der Waals surface area contributed by atoms with Crippen LogP contribution in [0.4, 0.5) is 5.69 Å². The van der Waals surface area contributed by atoms with Gasteiger partial charge in [0.15, 0.2) is 6.35 Å². The highest BCUT2D eigenvalue weighted by Crippen LogP contribution is 2.22. The Balaban J connectivity index is 2.34. The van der Waals surface area contributed by atoms with Crippen molar-refractivity contribution < 1.29 is 5.11 Å². The lowest BCUT2D eigenvalue weighted by Crippen LogP contribution is -2.41. The number of hydrogen-bond donors (Lipinski definition) is 2. The number of aliphatic hydroxyl groups excluding tert-OH is 1. The molecule has 0 saturated carbocycles. The summed E-state index contributed by atoms with van der Waals surface area (Å²) in [5, 5.41) is 12.4. The normalized spacial score (nSPS) is 23.0. The summed E-state index contributed by atoms with van der Waals surface area (Å²) in [7, 11) is 1.88. The summed E-state index contributed by atoms with van der Waals surface area (Å²) in [6, 6.07) is 8.01. The van der Waals surface area contributed by atoms with Gasteiger partial charge in [-0.1, -0.05) is 18.2 Å². The molecular weight excluding hydrogens is 152 g/mol.